The van der Waals surface area contributed by atoms with Gasteiger partial charge < -0.3 is 5.11 Å². The van der Waals surface area contributed by atoms with Crippen molar-refractivity contribution in [1.29, 1.82) is 0 Å². The standard InChI is InChI=1S/C14H14N2O2/c17-14(18)6-12(9-4-5-9)11-3-1-2-10-7-15-16-8-13(10)11/h1-3,7-9,12H,4-6H2,(H,17,18). The van der Waals surface area contributed by atoms with Gasteiger partial charge in [0.2, 0.25) is 0 Å². The van der Waals surface area contributed by atoms with Crippen LogP contribution in [0, 0.1) is 5.92 Å². The molecule has 1 heterocycles. The van der Waals surface area contributed by atoms with Crippen LogP contribution < -0.4 is 0 Å². The molecule has 1 aromatic carbocycles. The van der Waals surface area contributed by atoms with Crippen molar-refractivity contribution in [2.24, 2.45) is 5.92 Å². The lowest BCUT2D eigenvalue weighted by atomic mass is 9.88. The number of aliphatic carboxylic acids is 1. The second-order valence-corrected chi connectivity index (χ2v) is 4.88. The molecule has 1 saturated carbocycles. The van der Waals surface area contributed by atoms with Gasteiger partial charge in [-0.3, -0.25) is 4.79 Å². The van der Waals surface area contributed by atoms with Crippen LogP contribution in [0.1, 0.15) is 30.7 Å². The van der Waals surface area contributed by atoms with Gasteiger partial charge in [-0.05, 0) is 30.2 Å². The summed E-state index contributed by atoms with van der Waals surface area (Å²) < 4.78 is 0. The van der Waals surface area contributed by atoms with E-state index >= 15 is 0 Å². The Morgan fingerprint density at radius 1 is 1.33 bits per heavy atom. The van der Waals surface area contributed by atoms with E-state index in [9.17, 15) is 4.79 Å². The van der Waals surface area contributed by atoms with E-state index in [1.165, 1.54) is 0 Å². The molecule has 2 aromatic rings. The molecule has 0 amide bonds. The van der Waals surface area contributed by atoms with Crippen LogP contribution in [0.3, 0.4) is 0 Å². The van der Waals surface area contributed by atoms with Crippen molar-refractivity contribution in [3.63, 3.8) is 0 Å². The fraction of sp³-hybridized carbons (Fsp3) is 0.357. The number of rotatable bonds is 4. The normalized spacial score (nSPS) is 16.7. The number of hydrogen-bond donors (Lipinski definition) is 1. The van der Waals surface area contributed by atoms with Crippen molar-refractivity contribution in [2.45, 2.75) is 25.2 Å². The number of fused-ring (bicyclic) bond motifs is 1. The van der Waals surface area contributed by atoms with Gasteiger partial charge in [0.05, 0.1) is 18.8 Å². The van der Waals surface area contributed by atoms with Crippen LogP contribution in [0.15, 0.2) is 30.6 Å². The van der Waals surface area contributed by atoms with Crippen LogP contribution in [0.25, 0.3) is 10.8 Å². The number of aromatic nitrogens is 2. The van der Waals surface area contributed by atoms with Crippen LogP contribution in [0.5, 0.6) is 0 Å². The van der Waals surface area contributed by atoms with Crippen molar-refractivity contribution < 1.29 is 9.90 Å². The topological polar surface area (TPSA) is 63.1 Å². The molecule has 1 unspecified atom stereocenters. The first-order valence-electron chi connectivity index (χ1n) is 6.17. The van der Waals surface area contributed by atoms with Gasteiger partial charge in [0.15, 0.2) is 0 Å². The monoisotopic (exact) mass is 242 g/mol. The minimum Gasteiger partial charge on any atom is -0.481 e. The lowest BCUT2D eigenvalue weighted by Gasteiger charge is -2.16. The van der Waals surface area contributed by atoms with Crippen molar-refractivity contribution in [3.05, 3.63) is 36.2 Å². The third-order valence-corrected chi connectivity index (χ3v) is 3.61. The third-order valence-electron chi connectivity index (χ3n) is 3.61. The van der Waals surface area contributed by atoms with Crippen molar-refractivity contribution in [3.8, 4) is 0 Å². The van der Waals surface area contributed by atoms with Gasteiger partial charge in [-0.1, -0.05) is 18.2 Å². The molecule has 0 spiro atoms. The van der Waals surface area contributed by atoms with Gasteiger partial charge in [0.25, 0.3) is 0 Å². The predicted molar refractivity (Wildman–Crippen MR) is 67.3 cm³/mol. The zero-order chi connectivity index (χ0) is 12.5. The number of hydrogen-bond acceptors (Lipinski definition) is 3. The molecule has 1 aromatic heterocycles. The van der Waals surface area contributed by atoms with E-state index in [0.29, 0.717) is 5.92 Å². The van der Waals surface area contributed by atoms with Crippen molar-refractivity contribution in [2.75, 3.05) is 0 Å². The third kappa shape index (κ3) is 2.06. The van der Waals surface area contributed by atoms with Crippen molar-refractivity contribution >= 4 is 16.7 Å². The summed E-state index contributed by atoms with van der Waals surface area (Å²) in [4.78, 5) is 11.0. The molecule has 1 aliphatic rings. The first-order valence-corrected chi connectivity index (χ1v) is 6.17. The smallest absolute Gasteiger partial charge is 0.303 e. The average molecular weight is 242 g/mol. The summed E-state index contributed by atoms with van der Waals surface area (Å²) >= 11 is 0. The molecule has 1 atom stereocenters. The maximum Gasteiger partial charge on any atom is 0.303 e. The highest BCUT2D eigenvalue weighted by molar-refractivity contribution is 5.85. The molecule has 1 fully saturated rings. The van der Waals surface area contributed by atoms with E-state index < -0.39 is 5.97 Å². The molecule has 4 heteroatoms. The molecule has 3 rings (SSSR count). The Hall–Kier alpha value is -1.97. The number of carbonyl (C=O) groups is 1. The average Bonchev–Trinajstić information content (AvgIpc) is 3.19. The summed E-state index contributed by atoms with van der Waals surface area (Å²) in [6.45, 7) is 0. The van der Waals surface area contributed by atoms with Gasteiger partial charge in [-0.15, -0.1) is 0 Å². The molecule has 0 saturated heterocycles. The predicted octanol–water partition coefficient (Wildman–Crippen LogP) is 2.60. The summed E-state index contributed by atoms with van der Waals surface area (Å²) in [5.41, 5.74) is 1.10. The maximum absolute atomic E-state index is 11.0. The summed E-state index contributed by atoms with van der Waals surface area (Å²) in [6, 6.07) is 5.98. The Balaban J connectivity index is 2.08. The Morgan fingerprint density at radius 3 is 2.83 bits per heavy atom. The van der Waals surface area contributed by atoms with Crippen LogP contribution in [0.2, 0.25) is 0 Å². The number of nitrogens with zero attached hydrogens (tertiary/aromatic N) is 2. The molecule has 92 valence electrons. The fourth-order valence-electron chi connectivity index (χ4n) is 2.59. The highest BCUT2D eigenvalue weighted by atomic mass is 16.4. The number of carboxylic acids is 1. The van der Waals surface area contributed by atoms with Gasteiger partial charge in [0.1, 0.15) is 0 Å². The van der Waals surface area contributed by atoms with Gasteiger partial charge in [-0.25, -0.2) is 0 Å². The summed E-state index contributed by atoms with van der Waals surface area (Å²) in [7, 11) is 0. The molecular weight excluding hydrogens is 228 g/mol. The van der Waals surface area contributed by atoms with Crippen LogP contribution in [0.4, 0.5) is 0 Å². The second kappa shape index (κ2) is 4.37. The van der Waals surface area contributed by atoms with E-state index in [1.54, 1.807) is 12.4 Å². The largest absolute Gasteiger partial charge is 0.481 e. The number of benzene rings is 1. The first kappa shape index (κ1) is 11.1. The van der Waals surface area contributed by atoms with Crippen LogP contribution in [-0.2, 0) is 4.79 Å². The van der Waals surface area contributed by atoms with E-state index in [1.807, 2.05) is 18.2 Å². The zero-order valence-corrected chi connectivity index (χ0v) is 9.91. The minimum atomic E-state index is -0.731. The van der Waals surface area contributed by atoms with Crippen LogP contribution >= 0.6 is 0 Å². The molecule has 1 aliphatic carbocycles. The number of carboxylic acid groups (broad SMARTS) is 1. The highest BCUT2D eigenvalue weighted by Gasteiger charge is 2.34. The minimum absolute atomic E-state index is 0.107. The van der Waals surface area contributed by atoms with Crippen molar-refractivity contribution in [1.82, 2.24) is 10.2 Å². The Kier molecular flexibility index (Phi) is 2.70. The Labute approximate surface area is 105 Å². The fourth-order valence-corrected chi connectivity index (χ4v) is 2.59. The second-order valence-electron chi connectivity index (χ2n) is 4.88. The lowest BCUT2D eigenvalue weighted by Crippen LogP contribution is -2.09. The van der Waals surface area contributed by atoms with E-state index in [0.717, 1.165) is 29.2 Å². The molecule has 18 heavy (non-hydrogen) atoms. The van der Waals surface area contributed by atoms with E-state index in [-0.39, 0.29) is 12.3 Å². The van der Waals surface area contributed by atoms with Gasteiger partial charge >= 0.3 is 5.97 Å². The summed E-state index contributed by atoms with van der Waals surface area (Å²) in [6.07, 6.45) is 5.93. The molecular formula is C14H14N2O2. The molecule has 4 nitrogen and oxygen atoms in total. The summed E-state index contributed by atoms with van der Waals surface area (Å²) in [5.74, 6) is -0.110. The van der Waals surface area contributed by atoms with E-state index in [2.05, 4.69) is 10.2 Å². The highest BCUT2D eigenvalue weighted by Crippen LogP contribution is 2.46. The quantitative estimate of drug-likeness (QED) is 0.895. The van der Waals surface area contributed by atoms with E-state index in [4.69, 9.17) is 5.11 Å². The molecule has 0 bridgehead atoms. The van der Waals surface area contributed by atoms with Gasteiger partial charge in [0, 0.05) is 10.8 Å². The SMILES string of the molecule is O=C(O)CC(c1cccc2cnncc12)C1CC1. The Bertz CT molecular complexity index is 588. The zero-order valence-electron chi connectivity index (χ0n) is 9.91. The van der Waals surface area contributed by atoms with Crippen LogP contribution in [-0.4, -0.2) is 21.3 Å². The van der Waals surface area contributed by atoms with Gasteiger partial charge in [-0.2, -0.15) is 10.2 Å². The molecule has 0 aliphatic heterocycles. The summed E-state index contributed by atoms with van der Waals surface area (Å²) in [5, 5.41) is 18.9. The Morgan fingerprint density at radius 2 is 2.11 bits per heavy atom. The molecule has 0 radical (unpaired) electrons. The molecule has 1 N–H and O–H groups in total. The first-order chi connectivity index (χ1) is 8.75. The maximum atomic E-state index is 11.0. The lowest BCUT2D eigenvalue weighted by molar-refractivity contribution is -0.137.